The van der Waals surface area contributed by atoms with E-state index in [4.69, 9.17) is 0 Å². The first kappa shape index (κ1) is 12.6. The summed E-state index contributed by atoms with van der Waals surface area (Å²) < 4.78 is 0. The van der Waals surface area contributed by atoms with E-state index in [9.17, 15) is 0 Å². The molecule has 0 aliphatic heterocycles. The van der Waals surface area contributed by atoms with Gasteiger partial charge in [0.2, 0.25) is 0 Å². The number of aromatic amines is 1. The van der Waals surface area contributed by atoms with Gasteiger partial charge in [-0.3, -0.25) is 0 Å². The van der Waals surface area contributed by atoms with Crippen LogP contribution in [0.3, 0.4) is 0 Å². The first-order valence-electron chi connectivity index (χ1n) is 6.09. The fourth-order valence-corrected chi connectivity index (χ4v) is 1.77. The van der Waals surface area contributed by atoms with Gasteiger partial charge in [0.25, 0.3) is 0 Å². The largest absolute Gasteiger partial charge is 0.365 e. The minimum Gasteiger partial charge on any atom is -0.365 e. The van der Waals surface area contributed by atoms with Crippen LogP contribution in [0.1, 0.15) is 11.5 Å². The average molecular weight is 245 g/mol. The third kappa shape index (κ3) is 3.30. The molecule has 0 unspecified atom stereocenters. The van der Waals surface area contributed by atoms with Crippen molar-refractivity contribution < 1.29 is 0 Å². The third-order valence-corrected chi connectivity index (χ3v) is 2.80. The Bertz CT molecular complexity index is 466. The molecule has 5 nitrogen and oxygen atoms in total. The first-order chi connectivity index (χ1) is 8.79. The van der Waals surface area contributed by atoms with Crippen molar-refractivity contribution in [3.63, 3.8) is 0 Å². The third-order valence-electron chi connectivity index (χ3n) is 2.80. The topological polar surface area (TPSA) is 56.8 Å². The Morgan fingerprint density at radius 3 is 3.00 bits per heavy atom. The number of hydrogen-bond donors (Lipinski definition) is 2. The molecule has 0 atom stereocenters. The summed E-state index contributed by atoms with van der Waals surface area (Å²) >= 11 is 0. The summed E-state index contributed by atoms with van der Waals surface area (Å²) in [5, 5.41) is 3.06. The highest BCUT2D eigenvalue weighted by Gasteiger charge is 2.04. The lowest BCUT2D eigenvalue weighted by Gasteiger charge is -2.18. The number of likely N-dealkylation sites (N-methyl/N-ethyl adjacent to an activating group) is 1. The van der Waals surface area contributed by atoms with Crippen molar-refractivity contribution in [2.75, 3.05) is 25.5 Å². The summed E-state index contributed by atoms with van der Waals surface area (Å²) in [6.07, 6.45) is 4.74. The number of aromatic nitrogens is 3. The lowest BCUT2D eigenvalue weighted by molar-refractivity contribution is 0.748. The van der Waals surface area contributed by atoms with Gasteiger partial charge in [-0.1, -0.05) is 0 Å². The molecule has 18 heavy (non-hydrogen) atoms. The summed E-state index contributed by atoms with van der Waals surface area (Å²) in [5.74, 6) is 1.78. The molecule has 0 fully saturated rings. The number of hydrogen-bond acceptors (Lipinski definition) is 4. The van der Waals surface area contributed by atoms with Crippen LogP contribution in [0.2, 0.25) is 0 Å². The van der Waals surface area contributed by atoms with Gasteiger partial charge in [0, 0.05) is 38.1 Å². The molecule has 2 N–H and O–H groups in total. The summed E-state index contributed by atoms with van der Waals surface area (Å²) in [7, 11) is 3.94. The maximum absolute atomic E-state index is 4.50. The quantitative estimate of drug-likeness (QED) is 0.803. The van der Waals surface area contributed by atoms with Gasteiger partial charge in [0.15, 0.2) is 0 Å². The molecule has 2 aromatic heterocycles. The van der Waals surface area contributed by atoms with Crippen molar-refractivity contribution in [1.29, 1.82) is 0 Å². The number of H-pyrrole nitrogens is 1. The molecule has 0 aliphatic rings. The van der Waals surface area contributed by atoms with E-state index in [0.29, 0.717) is 6.54 Å². The van der Waals surface area contributed by atoms with E-state index in [0.717, 1.165) is 24.6 Å². The van der Waals surface area contributed by atoms with Crippen LogP contribution in [0.15, 0.2) is 30.6 Å². The normalized spacial score (nSPS) is 10.6. The second-order valence-electron chi connectivity index (χ2n) is 4.23. The van der Waals surface area contributed by atoms with Crippen molar-refractivity contribution in [1.82, 2.24) is 20.3 Å². The number of rotatable bonds is 6. The van der Waals surface area contributed by atoms with E-state index < -0.39 is 0 Å². The van der Waals surface area contributed by atoms with Gasteiger partial charge in [-0.25, -0.2) is 9.97 Å². The van der Waals surface area contributed by atoms with Crippen LogP contribution in [0, 0.1) is 0 Å². The zero-order valence-electron chi connectivity index (χ0n) is 10.8. The molecule has 96 valence electrons. The molecule has 0 saturated heterocycles. The second kappa shape index (κ2) is 6.16. The van der Waals surface area contributed by atoms with Crippen molar-refractivity contribution in [2.45, 2.75) is 13.0 Å². The van der Waals surface area contributed by atoms with Gasteiger partial charge in [-0.05, 0) is 25.2 Å². The van der Waals surface area contributed by atoms with E-state index in [1.165, 1.54) is 5.69 Å². The summed E-state index contributed by atoms with van der Waals surface area (Å²) in [5.41, 5.74) is 1.24. The lowest BCUT2D eigenvalue weighted by Crippen LogP contribution is -2.22. The van der Waals surface area contributed by atoms with Crippen molar-refractivity contribution in [3.05, 3.63) is 42.1 Å². The Kier molecular flexibility index (Phi) is 4.30. The van der Waals surface area contributed by atoms with Crippen LogP contribution in [0.4, 0.5) is 5.82 Å². The van der Waals surface area contributed by atoms with Crippen LogP contribution in [-0.4, -0.2) is 35.6 Å². The standard InChI is InChI=1S/C13H19N5/c1-14-10-12-16-8-5-13(17-12)18(2)9-6-11-4-3-7-15-11/h3-5,7-8,14-15H,6,9-10H2,1-2H3. The maximum Gasteiger partial charge on any atom is 0.144 e. The predicted octanol–water partition coefficient (Wildman–Crippen LogP) is 1.20. The van der Waals surface area contributed by atoms with E-state index in [-0.39, 0.29) is 0 Å². The number of nitrogens with zero attached hydrogens (tertiary/aromatic N) is 3. The van der Waals surface area contributed by atoms with Crippen LogP contribution in [-0.2, 0) is 13.0 Å². The van der Waals surface area contributed by atoms with Gasteiger partial charge < -0.3 is 15.2 Å². The van der Waals surface area contributed by atoms with Gasteiger partial charge in [0.1, 0.15) is 11.6 Å². The Morgan fingerprint density at radius 2 is 2.28 bits per heavy atom. The number of anilines is 1. The fraction of sp³-hybridized carbons (Fsp3) is 0.385. The first-order valence-corrected chi connectivity index (χ1v) is 6.09. The van der Waals surface area contributed by atoms with Crippen LogP contribution in [0.5, 0.6) is 0 Å². The summed E-state index contributed by atoms with van der Waals surface area (Å²) in [6.45, 7) is 1.62. The lowest BCUT2D eigenvalue weighted by atomic mass is 10.3. The molecular weight excluding hydrogens is 226 g/mol. The SMILES string of the molecule is CNCc1nccc(N(C)CCc2ccc[nH]2)n1. The summed E-state index contributed by atoms with van der Waals surface area (Å²) in [4.78, 5) is 14.1. The zero-order valence-corrected chi connectivity index (χ0v) is 10.8. The molecule has 0 radical (unpaired) electrons. The predicted molar refractivity (Wildman–Crippen MR) is 72.6 cm³/mol. The number of nitrogens with one attached hydrogen (secondary N) is 2. The van der Waals surface area contributed by atoms with E-state index in [1.807, 2.05) is 25.4 Å². The molecule has 0 bridgehead atoms. The Labute approximate surface area is 107 Å². The van der Waals surface area contributed by atoms with E-state index >= 15 is 0 Å². The van der Waals surface area contributed by atoms with Crippen LogP contribution < -0.4 is 10.2 Å². The van der Waals surface area contributed by atoms with Crippen molar-refractivity contribution in [2.24, 2.45) is 0 Å². The molecule has 5 heteroatoms. The molecule has 2 heterocycles. The highest BCUT2D eigenvalue weighted by Crippen LogP contribution is 2.08. The monoisotopic (exact) mass is 245 g/mol. The summed E-state index contributed by atoms with van der Waals surface area (Å²) in [6, 6.07) is 6.05. The highest BCUT2D eigenvalue weighted by molar-refractivity contribution is 5.36. The molecule has 0 spiro atoms. The molecule has 0 aromatic carbocycles. The van der Waals surface area contributed by atoms with Gasteiger partial charge in [0.05, 0.1) is 6.54 Å². The second-order valence-corrected chi connectivity index (χ2v) is 4.23. The Balaban J connectivity index is 1.95. The minimum atomic E-state index is 0.693. The van der Waals surface area contributed by atoms with Gasteiger partial charge in [-0.2, -0.15) is 0 Å². The molecule has 2 rings (SSSR count). The van der Waals surface area contributed by atoms with Crippen LogP contribution >= 0.6 is 0 Å². The minimum absolute atomic E-state index is 0.693. The molecular formula is C13H19N5. The van der Waals surface area contributed by atoms with E-state index in [1.54, 1.807) is 6.20 Å². The smallest absolute Gasteiger partial charge is 0.144 e. The molecule has 0 amide bonds. The van der Waals surface area contributed by atoms with Crippen molar-refractivity contribution in [3.8, 4) is 0 Å². The van der Waals surface area contributed by atoms with Gasteiger partial charge >= 0.3 is 0 Å². The average Bonchev–Trinajstić information content (AvgIpc) is 2.90. The highest BCUT2D eigenvalue weighted by atomic mass is 15.2. The Hall–Kier alpha value is -1.88. The van der Waals surface area contributed by atoms with Crippen molar-refractivity contribution >= 4 is 5.82 Å². The zero-order chi connectivity index (χ0) is 12.8. The maximum atomic E-state index is 4.50. The molecule has 0 saturated carbocycles. The molecule has 0 aliphatic carbocycles. The van der Waals surface area contributed by atoms with Crippen LogP contribution in [0.25, 0.3) is 0 Å². The fourth-order valence-electron chi connectivity index (χ4n) is 1.77. The molecule has 2 aromatic rings. The Morgan fingerprint density at radius 1 is 1.39 bits per heavy atom. The van der Waals surface area contributed by atoms with E-state index in [2.05, 4.69) is 38.3 Å². The van der Waals surface area contributed by atoms with Gasteiger partial charge in [-0.15, -0.1) is 0 Å².